The second kappa shape index (κ2) is 10.3. The summed E-state index contributed by atoms with van der Waals surface area (Å²) in [4.78, 5) is 11.9. The molecule has 1 aromatic rings. The lowest BCUT2D eigenvalue weighted by molar-refractivity contribution is -0.126. The van der Waals surface area contributed by atoms with E-state index < -0.39 is 5.54 Å². The molecule has 0 fully saturated rings. The van der Waals surface area contributed by atoms with Crippen molar-refractivity contribution in [3.8, 4) is 11.5 Å². The van der Waals surface area contributed by atoms with Gasteiger partial charge in [-0.2, -0.15) is 0 Å². The molecule has 3 N–H and O–H groups in total. The third kappa shape index (κ3) is 7.00. The normalized spacial score (nSPS) is 12.7. The number of halogens is 1. The first kappa shape index (κ1) is 20.5. The predicted octanol–water partition coefficient (Wildman–Crippen LogP) is 2.52. The summed E-state index contributed by atoms with van der Waals surface area (Å²) in [5.74, 6) is 1.42. The molecule has 1 unspecified atom stereocenters. The molecule has 1 rings (SSSR count). The number of rotatable bonds is 9. The number of hydrogen-bond acceptors (Lipinski definition) is 4. The maximum Gasteiger partial charge on any atom is 0.239 e. The van der Waals surface area contributed by atoms with Crippen LogP contribution in [0, 0.1) is 0 Å². The van der Waals surface area contributed by atoms with Gasteiger partial charge in [-0.1, -0.05) is 19.4 Å². The van der Waals surface area contributed by atoms with Gasteiger partial charge in [0.1, 0.15) is 11.5 Å². The Morgan fingerprint density at radius 3 is 2.68 bits per heavy atom. The van der Waals surface area contributed by atoms with Crippen LogP contribution in [0.5, 0.6) is 11.5 Å². The molecule has 0 heterocycles. The summed E-state index contributed by atoms with van der Waals surface area (Å²) >= 11 is 0. The quantitative estimate of drug-likeness (QED) is 0.682. The average Bonchev–Trinajstić information content (AvgIpc) is 2.46. The molecule has 1 atom stereocenters. The molecule has 0 bridgehead atoms. The topological polar surface area (TPSA) is 73.6 Å². The Kier molecular flexibility index (Phi) is 9.61. The Morgan fingerprint density at radius 1 is 1.36 bits per heavy atom. The Balaban J connectivity index is 0.00000441. The molecule has 0 aromatic heterocycles. The number of carbonyl (C=O) groups is 1. The van der Waals surface area contributed by atoms with Gasteiger partial charge in [0.25, 0.3) is 0 Å². The van der Waals surface area contributed by atoms with Crippen LogP contribution in [-0.2, 0) is 4.79 Å². The first-order chi connectivity index (χ1) is 9.99. The van der Waals surface area contributed by atoms with Crippen LogP contribution in [0.15, 0.2) is 24.3 Å². The van der Waals surface area contributed by atoms with Gasteiger partial charge in [0, 0.05) is 12.6 Å². The number of carbonyl (C=O) groups excluding carboxylic acids is 1. The fraction of sp³-hybridized carbons (Fsp3) is 0.562. The lowest BCUT2D eigenvalue weighted by atomic mass is 9.96. The van der Waals surface area contributed by atoms with E-state index in [-0.39, 0.29) is 18.3 Å². The van der Waals surface area contributed by atoms with Crippen molar-refractivity contribution in [2.75, 3.05) is 20.3 Å². The van der Waals surface area contributed by atoms with Crippen LogP contribution in [-0.4, -0.2) is 31.7 Å². The zero-order valence-corrected chi connectivity index (χ0v) is 14.4. The van der Waals surface area contributed by atoms with Gasteiger partial charge >= 0.3 is 0 Å². The summed E-state index contributed by atoms with van der Waals surface area (Å²) in [7, 11) is 1.62. The van der Waals surface area contributed by atoms with Gasteiger partial charge in [0.05, 0.1) is 19.3 Å². The highest BCUT2D eigenvalue weighted by molar-refractivity contribution is 5.85. The summed E-state index contributed by atoms with van der Waals surface area (Å²) < 4.78 is 10.7. The molecule has 1 aromatic carbocycles. The monoisotopic (exact) mass is 330 g/mol. The van der Waals surface area contributed by atoms with Crippen LogP contribution < -0.4 is 20.5 Å². The number of nitrogens with one attached hydrogen (secondary N) is 1. The summed E-state index contributed by atoms with van der Waals surface area (Å²) in [5, 5.41) is 2.85. The second-order valence-corrected chi connectivity index (χ2v) is 5.30. The first-order valence-corrected chi connectivity index (χ1v) is 7.33. The van der Waals surface area contributed by atoms with E-state index in [1.165, 1.54) is 0 Å². The molecular weight excluding hydrogens is 304 g/mol. The number of nitrogens with two attached hydrogens (primary N) is 1. The van der Waals surface area contributed by atoms with Crippen LogP contribution in [0.25, 0.3) is 0 Å². The molecule has 1 amide bonds. The highest BCUT2D eigenvalue weighted by Gasteiger charge is 2.26. The maximum absolute atomic E-state index is 11.9. The highest BCUT2D eigenvalue weighted by Crippen LogP contribution is 2.18. The van der Waals surface area contributed by atoms with Gasteiger partial charge in [-0.05, 0) is 31.9 Å². The minimum Gasteiger partial charge on any atom is -0.497 e. The Labute approximate surface area is 139 Å². The Hall–Kier alpha value is -1.46. The molecule has 6 heteroatoms. The summed E-state index contributed by atoms with van der Waals surface area (Å²) in [6, 6.07) is 7.44. The Morgan fingerprint density at radius 2 is 2.05 bits per heavy atom. The fourth-order valence-corrected chi connectivity index (χ4v) is 1.99. The zero-order valence-electron chi connectivity index (χ0n) is 13.6. The largest absolute Gasteiger partial charge is 0.497 e. The van der Waals surface area contributed by atoms with Gasteiger partial charge in [-0.3, -0.25) is 4.79 Å². The van der Waals surface area contributed by atoms with Crippen LogP contribution in [0.1, 0.15) is 33.1 Å². The van der Waals surface area contributed by atoms with Crippen molar-refractivity contribution in [1.82, 2.24) is 5.32 Å². The van der Waals surface area contributed by atoms with E-state index in [2.05, 4.69) is 5.32 Å². The second-order valence-electron chi connectivity index (χ2n) is 5.30. The molecule has 22 heavy (non-hydrogen) atoms. The van der Waals surface area contributed by atoms with Crippen molar-refractivity contribution >= 4 is 18.3 Å². The number of benzene rings is 1. The van der Waals surface area contributed by atoms with E-state index in [9.17, 15) is 4.79 Å². The van der Waals surface area contributed by atoms with Crippen LogP contribution in [0.3, 0.4) is 0 Å². The molecule has 0 saturated carbocycles. The fourth-order valence-electron chi connectivity index (χ4n) is 1.99. The summed E-state index contributed by atoms with van der Waals surface area (Å²) in [6.45, 7) is 4.86. The molecule has 5 nitrogen and oxygen atoms in total. The van der Waals surface area contributed by atoms with Gasteiger partial charge in [-0.15, -0.1) is 12.4 Å². The lowest BCUT2D eigenvalue weighted by Gasteiger charge is -2.22. The molecule has 0 radical (unpaired) electrons. The standard InChI is InChI=1S/C16H26N2O3.ClH/c1-4-9-16(2,17)15(19)18-10-6-11-21-14-8-5-7-13(12-14)20-3;/h5,7-8,12H,4,6,9-11,17H2,1-3H3,(H,18,19);1H. The van der Waals surface area contributed by atoms with Crippen LogP contribution >= 0.6 is 12.4 Å². The van der Waals surface area contributed by atoms with Crippen molar-refractivity contribution in [2.45, 2.75) is 38.6 Å². The Bertz CT molecular complexity index is 453. The minimum atomic E-state index is -0.789. The van der Waals surface area contributed by atoms with E-state index in [0.717, 1.165) is 24.3 Å². The summed E-state index contributed by atoms with van der Waals surface area (Å²) in [6.07, 6.45) is 2.30. The third-order valence-electron chi connectivity index (χ3n) is 3.20. The van der Waals surface area contributed by atoms with E-state index in [0.29, 0.717) is 19.6 Å². The van der Waals surface area contributed by atoms with Gasteiger partial charge in [-0.25, -0.2) is 0 Å². The lowest BCUT2D eigenvalue weighted by Crippen LogP contribution is -2.51. The zero-order chi connectivity index (χ0) is 15.7. The van der Waals surface area contributed by atoms with E-state index in [1.54, 1.807) is 14.0 Å². The van der Waals surface area contributed by atoms with E-state index in [1.807, 2.05) is 31.2 Å². The van der Waals surface area contributed by atoms with Gasteiger partial charge < -0.3 is 20.5 Å². The predicted molar refractivity (Wildman–Crippen MR) is 90.9 cm³/mol. The van der Waals surface area contributed by atoms with Crippen LogP contribution in [0.2, 0.25) is 0 Å². The number of ether oxygens (including phenoxy) is 2. The smallest absolute Gasteiger partial charge is 0.239 e. The molecule has 0 aliphatic heterocycles. The minimum absolute atomic E-state index is 0. The van der Waals surface area contributed by atoms with Gasteiger partial charge in [0.2, 0.25) is 5.91 Å². The van der Waals surface area contributed by atoms with Gasteiger partial charge in [0.15, 0.2) is 0 Å². The molecule has 0 aliphatic carbocycles. The molecule has 0 aliphatic rings. The third-order valence-corrected chi connectivity index (χ3v) is 3.20. The van der Waals surface area contributed by atoms with Crippen LogP contribution in [0.4, 0.5) is 0 Å². The number of methoxy groups -OCH3 is 1. The van der Waals surface area contributed by atoms with Crippen molar-refractivity contribution < 1.29 is 14.3 Å². The molecule has 126 valence electrons. The molecule has 0 saturated heterocycles. The van der Waals surface area contributed by atoms with E-state index >= 15 is 0 Å². The molecule has 0 spiro atoms. The summed E-state index contributed by atoms with van der Waals surface area (Å²) in [5.41, 5.74) is 5.16. The van der Waals surface area contributed by atoms with E-state index in [4.69, 9.17) is 15.2 Å². The van der Waals surface area contributed by atoms with Crippen molar-refractivity contribution in [1.29, 1.82) is 0 Å². The average molecular weight is 331 g/mol. The van der Waals surface area contributed by atoms with Crippen molar-refractivity contribution in [2.24, 2.45) is 5.73 Å². The number of hydrogen-bond donors (Lipinski definition) is 2. The maximum atomic E-state index is 11.9. The van der Waals surface area contributed by atoms with Crippen molar-refractivity contribution in [3.63, 3.8) is 0 Å². The highest BCUT2D eigenvalue weighted by atomic mass is 35.5. The number of amides is 1. The first-order valence-electron chi connectivity index (χ1n) is 7.33. The van der Waals surface area contributed by atoms with Crippen molar-refractivity contribution in [3.05, 3.63) is 24.3 Å². The SMILES string of the molecule is CCCC(C)(N)C(=O)NCCCOc1cccc(OC)c1.Cl. The molecular formula is C16H27ClN2O3.